The minimum Gasteiger partial charge on any atom is -0.296 e. The van der Waals surface area contributed by atoms with Crippen LogP contribution in [0.5, 0.6) is 0 Å². The Morgan fingerprint density at radius 1 is 1.14 bits per heavy atom. The van der Waals surface area contributed by atoms with Gasteiger partial charge in [-0.1, -0.05) is 53.4 Å². The Morgan fingerprint density at radius 3 is 2.66 bits per heavy atom. The van der Waals surface area contributed by atoms with E-state index in [1.165, 1.54) is 39.0 Å². The van der Waals surface area contributed by atoms with E-state index < -0.39 is 15.9 Å². The average molecular weight is 467 g/mol. The molecule has 152 valence electrons. The van der Waals surface area contributed by atoms with E-state index in [-0.39, 0.29) is 9.77 Å². The summed E-state index contributed by atoms with van der Waals surface area (Å²) in [7, 11) is -3.65. The van der Waals surface area contributed by atoms with Crippen molar-refractivity contribution >= 4 is 55.5 Å². The van der Waals surface area contributed by atoms with Crippen molar-refractivity contribution in [2.24, 2.45) is 0 Å². The molecule has 1 N–H and O–H groups in total. The van der Waals surface area contributed by atoms with Gasteiger partial charge in [-0.05, 0) is 29.9 Å². The molecule has 0 spiro atoms. The predicted octanol–water partition coefficient (Wildman–Crippen LogP) is 3.93. The zero-order valence-electron chi connectivity index (χ0n) is 15.3. The summed E-state index contributed by atoms with van der Waals surface area (Å²) in [4.78, 5) is 12.9. The largest absolute Gasteiger partial charge is 0.296 e. The topological polar surface area (TPSA) is 92.3 Å². The Kier molecular flexibility index (Phi) is 6.30. The predicted molar refractivity (Wildman–Crippen MR) is 116 cm³/mol. The number of thiophene rings is 1. The summed E-state index contributed by atoms with van der Waals surface area (Å²) in [6, 6.07) is 11.5. The summed E-state index contributed by atoms with van der Waals surface area (Å²) in [6.45, 7) is 0.995. The zero-order chi connectivity index (χ0) is 20.3. The molecule has 2 aromatic heterocycles. The standard InChI is InChI=1S/C18H18N4O3S4/c23-16(15-14(8-11-26-15)29(24,25)22-9-4-5-10-22)19-17-20-21-18(28-17)27-12-13-6-2-1-3-7-13/h1-3,6-8,11H,4-5,9-10,12H2,(H,19,20,23). The summed E-state index contributed by atoms with van der Waals surface area (Å²) in [5.41, 5.74) is 1.17. The lowest BCUT2D eigenvalue weighted by atomic mass is 10.2. The first-order valence-corrected chi connectivity index (χ1v) is 13.1. The molecule has 1 aromatic carbocycles. The van der Waals surface area contributed by atoms with Gasteiger partial charge in [0.2, 0.25) is 15.2 Å². The van der Waals surface area contributed by atoms with Gasteiger partial charge in [0.25, 0.3) is 5.91 Å². The Labute approximate surface area is 181 Å². The Balaban J connectivity index is 1.43. The van der Waals surface area contributed by atoms with Crippen LogP contribution in [0.2, 0.25) is 0 Å². The fourth-order valence-corrected chi connectivity index (χ4v) is 7.44. The van der Waals surface area contributed by atoms with Gasteiger partial charge >= 0.3 is 0 Å². The number of carbonyl (C=O) groups excluding carboxylic acids is 1. The number of sulfonamides is 1. The smallest absolute Gasteiger partial charge is 0.268 e. The van der Waals surface area contributed by atoms with E-state index in [2.05, 4.69) is 15.5 Å². The van der Waals surface area contributed by atoms with Gasteiger partial charge in [-0.3, -0.25) is 10.1 Å². The quantitative estimate of drug-likeness (QED) is 0.419. The van der Waals surface area contributed by atoms with Crippen molar-refractivity contribution in [1.82, 2.24) is 14.5 Å². The number of nitrogens with one attached hydrogen (secondary N) is 1. The first-order chi connectivity index (χ1) is 14.0. The third-order valence-corrected chi connectivity index (χ3v) is 9.38. The van der Waals surface area contributed by atoms with Crippen molar-refractivity contribution in [3.8, 4) is 0 Å². The van der Waals surface area contributed by atoms with E-state index in [1.807, 2.05) is 30.3 Å². The lowest BCUT2D eigenvalue weighted by Crippen LogP contribution is -2.29. The normalized spacial score (nSPS) is 14.9. The van der Waals surface area contributed by atoms with Crippen LogP contribution in [-0.4, -0.2) is 41.9 Å². The molecule has 1 fully saturated rings. The molecule has 3 heterocycles. The van der Waals surface area contributed by atoms with Crippen LogP contribution < -0.4 is 5.32 Å². The summed E-state index contributed by atoms with van der Waals surface area (Å²) >= 11 is 3.92. The van der Waals surface area contributed by atoms with Gasteiger partial charge < -0.3 is 0 Å². The molecule has 0 aliphatic carbocycles. The molecule has 4 rings (SSSR count). The maximum Gasteiger partial charge on any atom is 0.268 e. The van der Waals surface area contributed by atoms with E-state index in [4.69, 9.17) is 0 Å². The number of aromatic nitrogens is 2. The second-order valence-electron chi connectivity index (χ2n) is 6.33. The molecular weight excluding hydrogens is 448 g/mol. The van der Waals surface area contributed by atoms with Crippen LogP contribution in [0, 0.1) is 0 Å². The average Bonchev–Trinajstić information content (AvgIpc) is 3.48. The number of anilines is 1. The molecule has 1 saturated heterocycles. The van der Waals surface area contributed by atoms with Crippen molar-refractivity contribution in [2.75, 3.05) is 18.4 Å². The Morgan fingerprint density at radius 2 is 1.90 bits per heavy atom. The third kappa shape index (κ3) is 4.69. The van der Waals surface area contributed by atoms with E-state index in [1.54, 1.807) is 5.38 Å². The lowest BCUT2D eigenvalue weighted by molar-refractivity contribution is 0.102. The molecule has 7 nitrogen and oxygen atoms in total. The second-order valence-corrected chi connectivity index (χ2v) is 11.3. The van der Waals surface area contributed by atoms with Crippen LogP contribution >= 0.6 is 34.4 Å². The van der Waals surface area contributed by atoms with Gasteiger partial charge in [-0.15, -0.1) is 21.5 Å². The number of benzene rings is 1. The Bertz CT molecular complexity index is 1090. The van der Waals surface area contributed by atoms with E-state index in [0.29, 0.717) is 18.2 Å². The number of hydrogen-bond acceptors (Lipinski definition) is 8. The Hall–Kier alpha value is -1.79. The van der Waals surface area contributed by atoms with Crippen molar-refractivity contribution in [3.63, 3.8) is 0 Å². The number of carbonyl (C=O) groups is 1. The molecule has 1 aliphatic rings. The van der Waals surface area contributed by atoms with Gasteiger partial charge in [0.05, 0.1) is 0 Å². The summed E-state index contributed by atoms with van der Waals surface area (Å²) < 4.78 is 27.8. The van der Waals surface area contributed by atoms with E-state index >= 15 is 0 Å². The van der Waals surface area contributed by atoms with Gasteiger partial charge in [0, 0.05) is 18.8 Å². The summed E-state index contributed by atoms with van der Waals surface area (Å²) in [5.74, 6) is 0.278. The highest BCUT2D eigenvalue weighted by molar-refractivity contribution is 8.00. The molecule has 0 atom stereocenters. The summed E-state index contributed by atoms with van der Waals surface area (Å²) in [5, 5.41) is 12.8. The monoisotopic (exact) mass is 466 g/mol. The molecule has 29 heavy (non-hydrogen) atoms. The molecule has 3 aromatic rings. The molecule has 1 amide bonds. The van der Waals surface area contributed by atoms with Crippen LogP contribution in [0.4, 0.5) is 5.13 Å². The molecule has 0 unspecified atom stereocenters. The van der Waals surface area contributed by atoms with Gasteiger partial charge in [-0.25, -0.2) is 8.42 Å². The molecular formula is C18H18N4O3S4. The van der Waals surface area contributed by atoms with Crippen molar-refractivity contribution in [2.45, 2.75) is 27.8 Å². The number of amides is 1. The molecule has 1 aliphatic heterocycles. The SMILES string of the molecule is O=C(Nc1nnc(SCc2ccccc2)s1)c1sccc1S(=O)(=O)N1CCCC1. The fourth-order valence-electron chi connectivity index (χ4n) is 2.93. The van der Waals surface area contributed by atoms with Crippen molar-refractivity contribution < 1.29 is 13.2 Å². The second kappa shape index (κ2) is 8.92. The summed E-state index contributed by atoms with van der Waals surface area (Å²) in [6.07, 6.45) is 1.69. The molecule has 0 saturated carbocycles. The first kappa shape index (κ1) is 20.5. The van der Waals surface area contributed by atoms with E-state index in [0.717, 1.165) is 34.3 Å². The lowest BCUT2D eigenvalue weighted by Gasteiger charge is -2.15. The zero-order valence-corrected chi connectivity index (χ0v) is 18.5. The highest BCUT2D eigenvalue weighted by atomic mass is 32.2. The highest BCUT2D eigenvalue weighted by Gasteiger charge is 2.32. The third-order valence-electron chi connectivity index (χ3n) is 4.35. The first-order valence-electron chi connectivity index (χ1n) is 8.93. The van der Waals surface area contributed by atoms with Crippen LogP contribution in [0.25, 0.3) is 0 Å². The minimum atomic E-state index is -3.65. The minimum absolute atomic E-state index is 0.0603. The van der Waals surface area contributed by atoms with Crippen LogP contribution in [0.1, 0.15) is 28.1 Å². The fraction of sp³-hybridized carbons (Fsp3) is 0.278. The maximum atomic E-state index is 12.8. The maximum absolute atomic E-state index is 12.8. The van der Waals surface area contributed by atoms with Crippen molar-refractivity contribution in [3.05, 3.63) is 52.2 Å². The highest BCUT2D eigenvalue weighted by Crippen LogP contribution is 2.31. The molecule has 0 radical (unpaired) electrons. The number of nitrogens with zero attached hydrogens (tertiary/aromatic N) is 3. The van der Waals surface area contributed by atoms with E-state index in [9.17, 15) is 13.2 Å². The van der Waals surface area contributed by atoms with Crippen LogP contribution in [0.3, 0.4) is 0 Å². The van der Waals surface area contributed by atoms with Crippen molar-refractivity contribution in [1.29, 1.82) is 0 Å². The molecule has 11 heteroatoms. The molecule has 0 bridgehead atoms. The van der Waals surface area contributed by atoms with Gasteiger partial charge in [0.15, 0.2) is 4.34 Å². The van der Waals surface area contributed by atoms with Gasteiger partial charge in [-0.2, -0.15) is 4.31 Å². The van der Waals surface area contributed by atoms with Gasteiger partial charge in [0.1, 0.15) is 9.77 Å². The number of hydrogen-bond donors (Lipinski definition) is 1. The number of thioether (sulfide) groups is 1. The number of rotatable bonds is 7. The van der Waals surface area contributed by atoms with Crippen LogP contribution in [0.15, 0.2) is 51.0 Å². The van der Waals surface area contributed by atoms with Crippen LogP contribution in [-0.2, 0) is 15.8 Å².